The zero-order chi connectivity index (χ0) is 28.2. The second-order valence-electron chi connectivity index (χ2n) is 10.4. The average Bonchev–Trinajstić information content (AvgIpc) is 3.35. The summed E-state index contributed by atoms with van der Waals surface area (Å²) in [5, 5.41) is 10.6. The maximum atomic E-state index is 12.8. The molecule has 1 heterocycles. The minimum atomic E-state index is -0.686. The first-order valence-corrected chi connectivity index (χ1v) is 12.6. The summed E-state index contributed by atoms with van der Waals surface area (Å²) >= 11 is 0. The van der Waals surface area contributed by atoms with Gasteiger partial charge in [-0.2, -0.15) is 0 Å². The first-order chi connectivity index (χ1) is 18.5. The Balaban J connectivity index is 1.35. The molecule has 0 bridgehead atoms. The Morgan fingerprint density at radius 2 is 1.49 bits per heavy atom. The highest BCUT2D eigenvalue weighted by molar-refractivity contribution is 5.97. The molecule has 4 aromatic rings. The van der Waals surface area contributed by atoms with E-state index >= 15 is 0 Å². The lowest BCUT2D eigenvalue weighted by Crippen LogP contribution is -2.41. The second kappa shape index (κ2) is 11.4. The summed E-state index contributed by atoms with van der Waals surface area (Å²) in [7, 11) is 0. The molecule has 0 saturated heterocycles. The van der Waals surface area contributed by atoms with E-state index in [1.807, 2.05) is 12.1 Å². The molecule has 4 rings (SSSR count). The lowest BCUT2D eigenvalue weighted by Gasteiger charge is -2.20. The van der Waals surface area contributed by atoms with Crippen molar-refractivity contribution in [1.82, 2.24) is 15.5 Å². The number of hydrogen-bond donors (Lipinski definition) is 1. The summed E-state index contributed by atoms with van der Waals surface area (Å²) in [4.78, 5) is 37.7. The SMILES string of the molecule is CC(=O)[C@H](Cc1ccc(OC(=O)c2ccc(-c3nnc(C)o3)cc2)cc1)NC(=O)c1ccc(C(C)(C)C)cc1. The number of ether oxygens (including phenoxy) is 1. The Labute approximate surface area is 227 Å². The fraction of sp³-hybridized carbons (Fsp3) is 0.258. The van der Waals surface area contributed by atoms with E-state index in [-0.39, 0.29) is 17.1 Å². The molecule has 1 atom stereocenters. The maximum absolute atomic E-state index is 12.8. The van der Waals surface area contributed by atoms with Gasteiger partial charge < -0.3 is 14.5 Å². The number of ketones is 1. The van der Waals surface area contributed by atoms with Gasteiger partial charge in [-0.15, -0.1) is 10.2 Å². The number of nitrogens with one attached hydrogen (secondary N) is 1. The van der Waals surface area contributed by atoms with Crippen LogP contribution in [0.3, 0.4) is 0 Å². The fourth-order valence-corrected chi connectivity index (χ4v) is 3.92. The highest BCUT2D eigenvalue weighted by atomic mass is 16.5. The van der Waals surface area contributed by atoms with Crippen molar-refractivity contribution in [3.63, 3.8) is 0 Å². The summed E-state index contributed by atoms with van der Waals surface area (Å²) in [6.45, 7) is 9.48. The van der Waals surface area contributed by atoms with E-state index < -0.39 is 12.0 Å². The molecule has 0 aliphatic rings. The minimum Gasteiger partial charge on any atom is -0.423 e. The van der Waals surface area contributed by atoms with Crippen LogP contribution in [-0.2, 0) is 16.6 Å². The highest BCUT2D eigenvalue weighted by Gasteiger charge is 2.20. The lowest BCUT2D eigenvalue weighted by molar-refractivity contribution is -0.118. The number of nitrogens with zero attached hydrogens (tertiary/aromatic N) is 2. The van der Waals surface area contributed by atoms with Crippen molar-refractivity contribution in [2.24, 2.45) is 0 Å². The molecule has 0 saturated carbocycles. The lowest BCUT2D eigenvalue weighted by atomic mass is 9.86. The van der Waals surface area contributed by atoms with E-state index in [1.165, 1.54) is 6.92 Å². The second-order valence-corrected chi connectivity index (χ2v) is 10.4. The molecule has 0 fully saturated rings. The van der Waals surface area contributed by atoms with Crippen molar-refractivity contribution in [2.45, 2.75) is 52.5 Å². The van der Waals surface area contributed by atoms with Crippen molar-refractivity contribution < 1.29 is 23.5 Å². The van der Waals surface area contributed by atoms with Crippen LogP contribution in [0.5, 0.6) is 5.75 Å². The normalized spacial score (nSPS) is 12.0. The molecule has 8 nitrogen and oxygen atoms in total. The number of Topliss-reactive ketones (excluding diaryl/α,β-unsaturated/α-hetero) is 1. The molecule has 0 unspecified atom stereocenters. The molecule has 200 valence electrons. The zero-order valence-electron chi connectivity index (χ0n) is 22.6. The Morgan fingerprint density at radius 1 is 0.872 bits per heavy atom. The summed E-state index contributed by atoms with van der Waals surface area (Å²) in [5.74, 6) is 0.233. The molecule has 3 aromatic carbocycles. The van der Waals surface area contributed by atoms with Gasteiger partial charge in [-0.1, -0.05) is 45.0 Å². The number of benzene rings is 3. The predicted octanol–water partition coefficient (Wildman–Crippen LogP) is 5.49. The summed E-state index contributed by atoms with van der Waals surface area (Å²) < 4.78 is 10.9. The largest absolute Gasteiger partial charge is 0.423 e. The van der Waals surface area contributed by atoms with Crippen LogP contribution in [0.15, 0.2) is 77.2 Å². The molecule has 39 heavy (non-hydrogen) atoms. The van der Waals surface area contributed by atoms with Gasteiger partial charge in [-0.25, -0.2) is 4.79 Å². The third-order valence-corrected chi connectivity index (χ3v) is 6.28. The Morgan fingerprint density at radius 3 is 2.03 bits per heavy atom. The first kappa shape index (κ1) is 27.4. The standard InChI is InChI=1S/C31H31N3O5/c1-19(35)27(32-28(36)22-12-14-25(15-13-22)31(3,4)5)18-21-6-16-26(17-7-21)39-30(37)24-10-8-23(9-11-24)29-34-33-20(2)38-29/h6-17,27H,18H2,1-5H3,(H,32,36)/t27-/m0/s1. The molecule has 1 aromatic heterocycles. The molecular weight excluding hydrogens is 494 g/mol. The minimum absolute atomic E-state index is 0.0166. The third kappa shape index (κ3) is 7.04. The smallest absolute Gasteiger partial charge is 0.343 e. The number of rotatable bonds is 8. The summed E-state index contributed by atoms with van der Waals surface area (Å²) in [6, 6.07) is 20.3. The van der Waals surface area contributed by atoms with E-state index in [1.54, 1.807) is 67.6 Å². The molecule has 0 aliphatic heterocycles. The molecule has 1 amide bonds. The number of carbonyl (C=O) groups excluding carboxylic acids is 3. The Hall–Kier alpha value is -4.59. The van der Waals surface area contributed by atoms with Gasteiger partial charge in [0.15, 0.2) is 5.78 Å². The van der Waals surface area contributed by atoms with E-state index in [4.69, 9.17) is 9.15 Å². The topological polar surface area (TPSA) is 111 Å². The molecule has 0 aliphatic carbocycles. The van der Waals surface area contributed by atoms with E-state index in [0.29, 0.717) is 40.6 Å². The van der Waals surface area contributed by atoms with Gasteiger partial charge in [0.1, 0.15) is 5.75 Å². The number of hydrogen-bond acceptors (Lipinski definition) is 7. The van der Waals surface area contributed by atoms with E-state index in [2.05, 4.69) is 36.3 Å². The van der Waals surface area contributed by atoms with Gasteiger partial charge in [0, 0.05) is 18.1 Å². The van der Waals surface area contributed by atoms with Gasteiger partial charge in [-0.05, 0) is 78.4 Å². The predicted molar refractivity (Wildman–Crippen MR) is 147 cm³/mol. The van der Waals surface area contributed by atoms with Crippen LogP contribution in [0.4, 0.5) is 0 Å². The van der Waals surface area contributed by atoms with Crippen LogP contribution in [0.1, 0.15) is 65.4 Å². The molecule has 8 heteroatoms. The molecular formula is C31H31N3O5. The van der Waals surface area contributed by atoms with Crippen LogP contribution in [0, 0.1) is 6.92 Å². The van der Waals surface area contributed by atoms with Gasteiger partial charge in [0.2, 0.25) is 11.8 Å². The van der Waals surface area contributed by atoms with Crippen LogP contribution < -0.4 is 10.1 Å². The van der Waals surface area contributed by atoms with Crippen molar-refractivity contribution in [3.05, 3.63) is 101 Å². The highest BCUT2D eigenvalue weighted by Crippen LogP contribution is 2.23. The van der Waals surface area contributed by atoms with Crippen LogP contribution in [0.2, 0.25) is 0 Å². The van der Waals surface area contributed by atoms with Gasteiger partial charge in [0.25, 0.3) is 5.91 Å². The van der Waals surface area contributed by atoms with Crippen molar-refractivity contribution in [3.8, 4) is 17.2 Å². The average molecular weight is 526 g/mol. The molecule has 1 N–H and O–H groups in total. The first-order valence-electron chi connectivity index (χ1n) is 12.6. The number of esters is 1. The number of carbonyl (C=O) groups is 3. The molecule has 0 radical (unpaired) electrons. The van der Waals surface area contributed by atoms with E-state index in [0.717, 1.165) is 11.1 Å². The van der Waals surface area contributed by atoms with E-state index in [9.17, 15) is 14.4 Å². The third-order valence-electron chi connectivity index (χ3n) is 6.28. The quantitative estimate of drug-likeness (QED) is 0.239. The van der Waals surface area contributed by atoms with Crippen molar-refractivity contribution in [2.75, 3.05) is 0 Å². The van der Waals surface area contributed by atoms with Crippen LogP contribution in [0.25, 0.3) is 11.5 Å². The summed E-state index contributed by atoms with van der Waals surface area (Å²) in [6.07, 6.45) is 0.311. The van der Waals surface area contributed by atoms with Gasteiger partial charge >= 0.3 is 5.97 Å². The monoisotopic (exact) mass is 525 g/mol. The van der Waals surface area contributed by atoms with Gasteiger partial charge in [-0.3, -0.25) is 9.59 Å². The van der Waals surface area contributed by atoms with Crippen LogP contribution >= 0.6 is 0 Å². The number of amides is 1. The number of aryl methyl sites for hydroxylation is 1. The van der Waals surface area contributed by atoms with Crippen LogP contribution in [-0.4, -0.2) is 33.9 Å². The summed E-state index contributed by atoms with van der Waals surface area (Å²) in [5.41, 5.74) is 3.49. The Bertz CT molecular complexity index is 1460. The van der Waals surface area contributed by atoms with Gasteiger partial charge in [0.05, 0.1) is 11.6 Å². The molecule has 0 spiro atoms. The maximum Gasteiger partial charge on any atom is 0.343 e. The number of aromatic nitrogens is 2. The van der Waals surface area contributed by atoms with Crippen molar-refractivity contribution in [1.29, 1.82) is 0 Å². The zero-order valence-corrected chi connectivity index (χ0v) is 22.6. The Kier molecular flexibility index (Phi) is 8.04. The van der Waals surface area contributed by atoms with Crippen molar-refractivity contribution >= 4 is 17.7 Å². The fourth-order valence-electron chi connectivity index (χ4n) is 3.92.